The SMILES string of the molecule is CC(N[C@H](C)c1ccccn1)C(=O)NCc1ccco1. The molecule has 0 saturated carbocycles. The molecule has 0 radical (unpaired) electrons. The van der Waals surface area contributed by atoms with E-state index in [0.29, 0.717) is 6.54 Å². The minimum Gasteiger partial charge on any atom is -0.467 e. The molecule has 5 heteroatoms. The number of nitrogens with zero attached hydrogens (tertiary/aromatic N) is 1. The summed E-state index contributed by atoms with van der Waals surface area (Å²) in [5.74, 6) is 0.674. The van der Waals surface area contributed by atoms with Crippen LogP contribution in [0.1, 0.15) is 31.3 Å². The van der Waals surface area contributed by atoms with Crippen LogP contribution in [0.2, 0.25) is 0 Å². The number of pyridine rings is 1. The Morgan fingerprint density at radius 1 is 1.30 bits per heavy atom. The molecule has 0 bridgehead atoms. The summed E-state index contributed by atoms with van der Waals surface area (Å²) in [5, 5.41) is 6.05. The molecule has 0 spiro atoms. The highest BCUT2D eigenvalue weighted by Gasteiger charge is 2.16. The van der Waals surface area contributed by atoms with Crippen molar-refractivity contribution in [2.75, 3.05) is 0 Å². The Hall–Kier alpha value is -2.14. The van der Waals surface area contributed by atoms with E-state index < -0.39 is 0 Å². The molecular weight excluding hydrogens is 254 g/mol. The van der Waals surface area contributed by atoms with Gasteiger partial charge >= 0.3 is 0 Å². The predicted molar refractivity (Wildman–Crippen MR) is 75.8 cm³/mol. The van der Waals surface area contributed by atoms with Crippen molar-refractivity contribution < 1.29 is 9.21 Å². The average molecular weight is 273 g/mol. The molecule has 106 valence electrons. The van der Waals surface area contributed by atoms with Crippen molar-refractivity contribution in [3.63, 3.8) is 0 Å². The molecule has 20 heavy (non-hydrogen) atoms. The molecule has 5 nitrogen and oxygen atoms in total. The van der Waals surface area contributed by atoms with E-state index in [9.17, 15) is 4.79 Å². The predicted octanol–water partition coefficient (Wildman–Crippen LogP) is 2.03. The van der Waals surface area contributed by atoms with E-state index in [4.69, 9.17) is 4.42 Å². The van der Waals surface area contributed by atoms with Crippen molar-refractivity contribution >= 4 is 5.91 Å². The Morgan fingerprint density at radius 2 is 2.15 bits per heavy atom. The van der Waals surface area contributed by atoms with E-state index in [0.717, 1.165) is 11.5 Å². The molecule has 2 rings (SSSR count). The number of aromatic nitrogens is 1. The van der Waals surface area contributed by atoms with Gasteiger partial charge in [-0.05, 0) is 38.1 Å². The summed E-state index contributed by atoms with van der Waals surface area (Å²) < 4.78 is 5.17. The second kappa shape index (κ2) is 6.86. The Kier molecular flexibility index (Phi) is 4.90. The van der Waals surface area contributed by atoms with Crippen LogP contribution in [0.15, 0.2) is 47.2 Å². The molecule has 0 aliphatic rings. The lowest BCUT2D eigenvalue weighted by Gasteiger charge is -2.19. The molecular formula is C15H19N3O2. The molecule has 0 fully saturated rings. The second-order valence-electron chi connectivity index (χ2n) is 4.66. The second-order valence-corrected chi connectivity index (χ2v) is 4.66. The van der Waals surface area contributed by atoms with Crippen molar-refractivity contribution in [3.8, 4) is 0 Å². The van der Waals surface area contributed by atoms with E-state index in [-0.39, 0.29) is 18.0 Å². The molecule has 0 aliphatic carbocycles. The van der Waals surface area contributed by atoms with Gasteiger partial charge in [-0.15, -0.1) is 0 Å². The largest absolute Gasteiger partial charge is 0.467 e. The van der Waals surface area contributed by atoms with Crippen LogP contribution < -0.4 is 10.6 Å². The van der Waals surface area contributed by atoms with Crippen LogP contribution in [0.5, 0.6) is 0 Å². The molecule has 1 amide bonds. The summed E-state index contributed by atoms with van der Waals surface area (Å²) in [7, 11) is 0. The normalized spacial score (nSPS) is 13.7. The van der Waals surface area contributed by atoms with Gasteiger partial charge in [0.15, 0.2) is 0 Å². The van der Waals surface area contributed by atoms with Crippen LogP contribution in [0.4, 0.5) is 0 Å². The maximum absolute atomic E-state index is 12.0. The first kappa shape index (κ1) is 14.3. The van der Waals surface area contributed by atoms with E-state index in [1.54, 1.807) is 18.5 Å². The zero-order valence-corrected chi connectivity index (χ0v) is 11.7. The smallest absolute Gasteiger partial charge is 0.237 e. The molecule has 0 aliphatic heterocycles. The first-order valence-electron chi connectivity index (χ1n) is 6.64. The van der Waals surface area contributed by atoms with Gasteiger partial charge in [0.2, 0.25) is 5.91 Å². The van der Waals surface area contributed by atoms with Gasteiger partial charge < -0.3 is 9.73 Å². The number of hydrogen-bond acceptors (Lipinski definition) is 4. The third-order valence-electron chi connectivity index (χ3n) is 3.04. The number of nitrogens with one attached hydrogen (secondary N) is 2. The van der Waals surface area contributed by atoms with Crippen molar-refractivity contribution in [1.29, 1.82) is 0 Å². The first-order chi connectivity index (χ1) is 9.66. The van der Waals surface area contributed by atoms with Gasteiger partial charge in [-0.2, -0.15) is 0 Å². The molecule has 0 saturated heterocycles. The third-order valence-corrected chi connectivity index (χ3v) is 3.04. The molecule has 2 N–H and O–H groups in total. The number of hydrogen-bond donors (Lipinski definition) is 2. The van der Waals surface area contributed by atoms with Crippen molar-refractivity contribution in [2.24, 2.45) is 0 Å². The number of furan rings is 1. The van der Waals surface area contributed by atoms with Crippen LogP contribution in [0.3, 0.4) is 0 Å². The van der Waals surface area contributed by atoms with Crippen LogP contribution in [-0.2, 0) is 11.3 Å². The summed E-state index contributed by atoms with van der Waals surface area (Å²) >= 11 is 0. The Balaban J connectivity index is 1.81. The average Bonchev–Trinajstić information content (AvgIpc) is 2.98. The summed E-state index contributed by atoms with van der Waals surface area (Å²) in [5.41, 5.74) is 0.915. The fourth-order valence-corrected chi connectivity index (χ4v) is 1.91. The number of carbonyl (C=O) groups excluding carboxylic acids is 1. The lowest BCUT2D eigenvalue weighted by molar-refractivity contribution is -0.123. The molecule has 2 aromatic rings. The zero-order chi connectivity index (χ0) is 14.4. The summed E-state index contributed by atoms with van der Waals surface area (Å²) in [4.78, 5) is 16.2. The Morgan fingerprint density at radius 3 is 2.80 bits per heavy atom. The monoisotopic (exact) mass is 273 g/mol. The van der Waals surface area contributed by atoms with Crippen LogP contribution in [0, 0.1) is 0 Å². The molecule has 2 atom stereocenters. The number of carbonyl (C=O) groups is 1. The van der Waals surface area contributed by atoms with Gasteiger partial charge in [0.05, 0.1) is 24.5 Å². The van der Waals surface area contributed by atoms with E-state index in [1.165, 1.54) is 0 Å². The zero-order valence-electron chi connectivity index (χ0n) is 11.7. The summed E-state index contributed by atoms with van der Waals surface area (Å²) in [6.45, 7) is 4.21. The molecule has 2 heterocycles. The van der Waals surface area contributed by atoms with Crippen LogP contribution >= 0.6 is 0 Å². The fraction of sp³-hybridized carbons (Fsp3) is 0.333. The van der Waals surface area contributed by atoms with E-state index >= 15 is 0 Å². The first-order valence-corrected chi connectivity index (χ1v) is 6.64. The maximum Gasteiger partial charge on any atom is 0.237 e. The van der Waals surface area contributed by atoms with Gasteiger partial charge in [0, 0.05) is 12.2 Å². The fourth-order valence-electron chi connectivity index (χ4n) is 1.91. The van der Waals surface area contributed by atoms with Gasteiger partial charge in [-0.3, -0.25) is 15.1 Å². The van der Waals surface area contributed by atoms with Crippen molar-refractivity contribution in [3.05, 3.63) is 54.2 Å². The summed E-state index contributed by atoms with van der Waals surface area (Å²) in [6.07, 6.45) is 3.33. The van der Waals surface area contributed by atoms with Crippen molar-refractivity contribution in [1.82, 2.24) is 15.6 Å². The minimum absolute atomic E-state index is 0.0144. The highest BCUT2D eigenvalue weighted by Crippen LogP contribution is 2.09. The molecule has 2 aromatic heterocycles. The lowest BCUT2D eigenvalue weighted by atomic mass is 10.2. The highest BCUT2D eigenvalue weighted by molar-refractivity contribution is 5.81. The Bertz CT molecular complexity index is 525. The molecule has 0 aromatic carbocycles. The quantitative estimate of drug-likeness (QED) is 0.845. The minimum atomic E-state index is -0.304. The van der Waals surface area contributed by atoms with Gasteiger partial charge in [0.25, 0.3) is 0 Å². The maximum atomic E-state index is 12.0. The Labute approximate surface area is 118 Å². The number of amides is 1. The van der Waals surface area contributed by atoms with Gasteiger partial charge in [-0.1, -0.05) is 6.07 Å². The van der Waals surface area contributed by atoms with Crippen LogP contribution in [0.25, 0.3) is 0 Å². The van der Waals surface area contributed by atoms with Crippen LogP contribution in [-0.4, -0.2) is 16.9 Å². The summed E-state index contributed by atoms with van der Waals surface area (Å²) in [6, 6.07) is 9.08. The number of rotatable bonds is 6. The van der Waals surface area contributed by atoms with Crippen molar-refractivity contribution in [2.45, 2.75) is 32.5 Å². The molecule has 1 unspecified atom stereocenters. The van der Waals surface area contributed by atoms with E-state index in [2.05, 4.69) is 15.6 Å². The van der Waals surface area contributed by atoms with E-state index in [1.807, 2.05) is 38.1 Å². The standard InChI is InChI=1S/C15H19N3O2/c1-11(14-7-3-4-8-16-14)18-12(2)15(19)17-10-13-6-5-9-20-13/h3-9,11-12,18H,10H2,1-2H3,(H,17,19)/t11-,12?/m1/s1. The topological polar surface area (TPSA) is 67.2 Å². The van der Waals surface area contributed by atoms with Gasteiger partial charge in [0.1, 0.15) is 5.76 Å². The lowest BCUT2D eigenvalue weighted by Crippen LogP contribution is -2.42. The highest BCUT2D eigenvalue weighted by atomic mass is 16.3. The third kappa shape index (κ3) is 3.93. The van der Waals surface area contributed by atoms with Gasteiger partial charge in [-0.25, -0.2) is 0 Å².